The molecule has 0 atom stereocenters. The summed E-state index contributed by atoms with van der Waals surface area (Å²) in [6.07, 6.45) is 0.131. The van der Waals surface area contributed by atoms with Gasteiger partial charge in [-0.15, -0.1) is 0 Å². The van der Waals surface area contributed by atoms with Crippen molar-refractivity contribution < 1.29 is 28.5 Å². The minimum absolute atomic E-state index is 0.131. The van der Waals surface area contributed by atoms with Crippen LogP contribution < -0.4 is 9.47 Å². The van der Waals surface area contributed by atoms with Crippen molar-refractivity contribution in [2.45, 2.75) is 6.42 Å². The van der Waals surface area contributed by atoms with Crippen LogP contribution in [0.1, 0.15) is 15.9 Å². The Bertz CT molecular complexity index is 781. The fraction of sp³-hybridized carbons (Fsp3) is 0.263. The van der Waals surface area contributed by atoms with E-state index >= 15 is 0 Å². The summed E-state index contributed by atoms with van der Waals surface area (Å²) in [5, 5.41) is 0. The maximum atomic E-state index is 11.8. The van der Waals surface area contributed by atoms with Gasteiger partial charge >= 0.3 is 11.9 Å². The zero-order valence-electron chi connectivity index (χ0n) is 14.6. The molecule has 0 heterocycles. The van der Waals surface area contributed by atoms with Crippen LogP contribution in [0.3, 0.4) is 0 Å². The third-order valence-electron chi connectivity index (χ3n) is 3.75. The van der Waals surface area contributed by atoms with Gasteiger partial charge in [-0.3, -0.25) is 4.79 Å². The summed E-state index contributed by atoms with van der Waals surface area (Å²) in [5.41, 5.74) is 2.51. The first-order chi connectivity index (χ1) is 12.0. The van der Waals surface area contributed by atoms with E-state index in [1.165, 1.54) is 14.2 Å². The molecule has 0 saturated heterocycles. The van der Waals surface area contributed by atoms with Gasteiger partial charge in [0.2, 0.25) is 0 Å². The number of carbonyl (C=O) groups is 2. The van der Waals surface area contributed by atoms with Crippen molar-refractivity contribution in [3.63, 3.8) is 0 Å². The molecule has 132 valence electrons. The van der Waals surface area contributed by atoms with Crippen LogP contribution in [0, 0.1) is 0 Å². The molecule has 0 aromatic heterocycles. The van der Waals surface area contributed by atoms with Crippen LogP contribution in [0.5, 0.6) is 11.5 Å². The van der Waals surface area contributed by atoms with Crippen LogP contribution >= 0.6 is 0 Å². The van der Waals surface area contributed by atoms with Crippen LogP contribution in [-0.2, 0) is 20.7 Å². The zero-order valence-corrected chi connectivity index (χ0v) is 14.6. The summed E-state index contributed by atoms with van der Waals surface area (Å²) in [5.74, 6) is 0.370. The first kappa shape index (κ1) is 18.3. The van der Waals surface area contributed by atoms with E-state index in [2.05, 4.69) is 0 Å². The van der Waals surface area contributed by atoms with Gasteiger partial charge in [0.25, 0.3) is 0 Å². The number of ether oxygens (including phenoxy) is 4. The van der Waals surface area contributed by atoms with Crippen LogP contribution in [0.2, 0.25) is 0 Å². The summed E-state index contributed by atoms with van der Waals surface area (Å²) in [6, 6.07) is 10.3. The molecule has 0 unspecified atom stereocenters. The van der Waals surface area contributed by atoms with E-state index in [4.69, 9.17) is 18.9 Å². The summed E-state index contributed by atoms with van der Waals surface area (Å²) in [6.45, 7) is 0. The van der Waals surface area contributed by atoms with Crippen molar-refractivity contribution >= 4 is 11.9 Å². The van der Waals surface area contributed by atoms with E-state index < -0.39 is 5.97 Å². The summed E-state index contributed by atoms with van der Waals surface area (Å²) in [4.78, 5) is 23.4. The Hall–Kier alpha value is -3.02. The lowest BCUT2D eigenvalue weighted by Gasteiger charge is -2.15. The highest BCUT2D eigenvalue weighted by molar-refractivity contribution is 5.92. The monoisotopic (exact) mass is 344 g/mol. The van der Waals surface area contributed by atoms with Crippen LogP contribution in [0.4, 0.5) is 0 Å². The highest BCUT2D eigenvalue weighted by Gasteiger charge is 2.16. The number of esters is 2. The molecule has 0 aliphatic carbocycles. The molecular formula is C19H20O6. The van der Waals surface area contributed by atoms with Gasteiger partial charge in [-0.1, -0.05) is 6.07 Å². The average molecular weight is 344 g/mol. The van der Waals surface area contributed by atoms with Gasteiger partial charge < -0.3 is 18.9 Å². The van der Waals surface area contributed by atoms with Crippen LogP contribution in [0.15, 0.2) is 36.4 Å². The quantitative estimate of drug-likeness (QED) is 0.751. The smallest absolute Gasteiger partial charge is 0.337 e. The van der Waals surface area contributed by atoms with E-state index in [-0.39, 0.29) is 12.4 Å². The molecule has 2 rings (SSSR count). The van der Waals surface area contributed by atoms with E-state index in [1.54, 1.807) is 44.6 Å². The Morgan fingerprint density at radius 2 is 1.40 bits per heavy atom. The minimum atomic E-state index is -0.450. The van der Waals surface area contributed by atoms with Crippen molar-refractivity contribution in [1.29, 1.82) is 0 Å². The van der Waals surface area contributed by atoms with Crippen molar-refractivity contribution in [2.75, 3.05) is 28.4 Å². The SMILES string of the molecule is COC(=O)Cc1ccc(OC)c(-c2cc(C(=O)OC)ccc2OC)c1. The Morgan fingerprint density at radius 1 is 0.800 bits per heavy atom. The second kappa shape index (κ2) is 8.19. The van der Waals surface area contributed by atoms with Crippen LogP contribution in [-0.4, -0.2) is 40.4 Å². The van der Waals surface area contributed by atoms with Gasteiger partial charge in [0.1, 0.15) is 11.5 Å². The molecule has 0 aliphatic rings. The molecule has 0 spiro atoms. The van der Waals surface area contributed by atoms with Gasteiger partial charge in [0, 0.05) is 11.1 Å². The number of hydrogen-bond acceptors (Lipinski definition) is 6. The highest BCUT2D eigenvalue weighted by atomic mass is 16.5. The Morgan fingerprint density at radius 3 is 1.96 bits per heavy atom. The number of carbonyl (C=O) groups excluding carboxylic acids is 2. The van der Waals surface area contributed by atoms with Gasteiger partial charge in [-0.25, -0.2) is 4.79 Å². The Balaban J connectivity index is 2.59. The Labute approximate surface area is 146 Å². The lowest BCUT2D eigenvalue weighted by molar-refractivity contribution is -0.139. The number of benzene rings is 2. The van der Waals surface area contributed by atoms with Gasteiger partial charge in [-0.2, -0.15) is 0 Å². The molecule has 6 heteroatoms. The van der Waals surface area contributed by atoms with Crippen molar-refractivity contribution in [3.05, 3.63) is 47.5 Å². The fourth-order valence-corrected chi connectivity index (χ4v) is 2.48. The molecule has 0 amide bonds. The van der Waals surface area contributed by atoms with E-state index in [0.717, 1.165) is 5.56 Å². The molecule has 0 N–H and O–H groups in total. The van der Waals surface area contributed by atoms with Crippen LogP contribution in [0.25, 0.3) is 11.1 Å². The van der Waals surface area contributed by atoms with Gasteiger partial charge in [0.05, 0.1) is 40.4 Å². The maximum absolute atomic E-state index is 11.8. The summed E-state index contributed by atoms with van der Waals surface area (Å²) < 4.78 is 20.3. The van der Waals surface area contributed by atoms with E-state index in [9.17, 15) is 9.59 Å². The molecule has 0 radical (unpaired) electrons. The molecule has 2 aromatic rings. The van der Waals surface area contributed by atoms with Crippen molar-refractivity contribution in [1.82, 2.24) is 0 Å². The van der Waals surface area contributed by atoms with Crippen molar-refractivity contribution in [2.24, 2.45) is 0 Å². The largest absolute Gasteiger partial charge is 0.496 e. The number of rotatable bonds is 6. The molecular weight excluding hydrogens is 324 g/mol. The van der Waals surface area contributed by atoms with Gasteiger partial charge in [-0.05, 0) is 35.9 Å². The topological polar surface area (TPSA) is 71.1 Å². The van der Waals surface area contributed by atoms with E-state index in [0.29, 0.717) is 28.2 Å². The first-order valence-electron chi connectivity index (χ1n) is 7.54. The predicted molar refractivity (Wildman–Crippen MR) is 92.0 cm³/mol. The van der Waals surface area contributed by atoms with Crippen molar-refractivity contribution in [3.8, 4) is 22.6 Å². The predicted octanol–water partition coefficient (Wildman–Crippen LogP) is 2.87. The molecule has 0 aliphatic heterocycles. The van der Waals surface area contributed by atoms with E-state index in [1.807, 2.05) is 6.07 Å². The molecule has 0 fully saturated rings. The molecule has 2 aromatic carbocycles. The minimum Gasteiger partial charge on any atom is -0.496 e. The third-order valence-corrected chi connectivity index (χ3v) is 3.75. The van der Waals surface area contributed by atoms with Gasteiger partial charge in [0.15, 0.2) is 0 Å². The maximum Gasteiger partial charge on any atom is 0.337 e. The molecule has 6 nitrogen and oxygen atoms in total. The zero-order chi connectivity index (χ0) is 18.4. The Kier molecular flexibility index (Phi) is 6.00. The molecule has 0 bridgehead atoms. The lowest BCUT2D eigenvalue weighted by atomic mass is 9.98. The molecule has 0 saturated carbocycles. The lowest BCUT2D eigenvalue weighted by Crippen LogP contribution is -2.05. The normalized spacial score (nSPS) is 10.1. The average Bonchev–Trinajstić information content (AvgIpc) is 2.66. The fourth-order valence-electron chi connectivity index (χ4n) is 2.48. The second-order valence-corrected chi connectivity index (χ2v) is 5.19. The number of methoxy groups -OCH3 is 4. The second-order valence-electron chi connectivity index (χ2n) is 5.19. The third kappa shape index (κ3) is 4.09. The summed E-state index contributed by atoms with van der Waals surface area (Å²) in [7, 11) is 5.76. The highest BCUT2D eigenvalue weighted by Crippen LogP contribution is 2.38. The molecule has 25 heavy (non-hydrogen) atoms. The standard InChI is InChI=1S/C19H20O6/c1-22-16-7-5-12(10-18(20)24-3)9-14(16)15-11-13(19(21)25-4)6-8-17(15)23-2/h5-9,11H,10H2,1-4H3. The summed E-state index contributed by atoms with van der Waals surface area (Å²) >= 11 is 0. The first-order valence-corrected chi connectivity index (χ1v) is 7.54. The number of hydrogen-bond donors (Lipinski definition) is 0.